The highest BCUT2D eigenvalue weighted by molar-refractivity contribution is 5.97. The monoisotopic (exact) mass is 270 g/mol. The summed E-state index contributed by atoms with van der Waals surface area (Å²) in [7, 11) is 0. The minimum absolute atomic E-state index is 0.136. The number of nitrogens with zero attached hydrogens (tertiary/aromatic N) is 3. The molecule has 0 unspecified atom stereocenters. The molecule has 4 rings (SSSR count). The third-order valence-corrected chi connectivity index (χ3v) is 4.33. The zero-order valence-corrected chi connectivity index (χ0v) is 11.4. The van der Waals surface area contributed by atoms with Crippen LogP contribution in [0.3, 0.4) is 0 Å². The van der Waals surface area contributed by atoms with Gasteiger partial charge in [-0.1, -0.05) is 0 Å². The molecule has 5 nitrogen and oxygen atoms in total. The summed E-state index contributed by atoms with van der Waals surface area (Å²) < 4.78 is 0. The molecule has 0 spiro atoms. The maximum Gasteiger partial charge on any atom is 0.254 e. The van der Waals surface area contributed by atoms with Gasteiger partial charge in [-0.3, -0.25) is 9.69 Å². The first-order chi connectivity index (χ1) is 9.81. The Morgan fingerprint density at radius 1 is 1.20 bits per heavy atom. The maximum atomic E-state index is 12.5. The van der Waals surface area contributed by atoms with Crippen LogP contribution in [0, 0.1) is 0 Å². The average molecular weight is 270 g/mol. The van der Waals surface area contributed by atoms with Crippen LogP contribution in [0.2, 0.25) is 0 Å². The number of imidazole rings is 1. The number of aromatic amines is 1. The molecule has 1 saturated heterocycles. The molecule has 1 aliphatic heterocycles. The van der Waals surface area contributed by atoms with Crippen molar-refractivity contribution in [1.29, 1.82) is 0 Å². The molecule has 1 amide bonds. The van der Waals surface area contributed by atoms with Gasteiger partial charge >= 0.3 is 0 Å². The Labute approximate surface area is 117 Å². The quantitative estimate of drug-likeness (QED) is 0.899. The Morgan fingerprint density at radius 3 is 2.75 bits per heavy atom. The van der Waals surface area contributed by atoms with E-state index in [1.54, 1.807) is 6.33 Å². The largest absolute Gasteiger partial charge is 0.345 e. The Bertz CT molecular complexity index is 638. The fourth-order valence-electron chi connectivity index (χ4n) is 2.98. The molecule has 0 atom stereocenters. The van der Waals surface area contributed by atoms with Crippen LogP contribution in [0.5, 0.6) is 0 Å². The van der Waals surface area contributed by atoms with Gasteiger partial charge in [0.25, 0.3) is 5.91 Å². The van der Waals surface area contributed by atoms with Gasteiger partial charge in [-0.15, -0.1) is 0 Å². The van der Waals surface area contributed by atoms with Crippen molar-refractivity contribution in [3.05, 3.63) is 30.1 Å². The molecule has 2 aliphatic rings. The maximum absolute atomic E-state index is 12.5. The van der Waals surface area contributed by atoms with E-state index in [1.807, 2.05) is 23.1 Å². The lowest BCUT2D eigenvalue weighted by Gasteiger charge is -2.34. The van der Waals surface area contributed by atoms with E-state index >= 15 is 0 Å². The zero-order valence-electron chi connectivity index (χ0n) is 11.4. The summed E-state index contributed by atoms with van der Waals surface area (Å²) in [5.41, 5.74) is 2.58. The van der Waals surface area contributed by atoms with E-state index in [-0.39, 0.29) is 5.91 Å². The van der Waals surface area contributed by atoms with Gasteiger partial charge in [0.1, 0.15) is 0 Å². The number of fused-ring (bicyclic) bond motifs is 1. The van der Waals surface area contributed by atoms with Crippen LogP contribution in [0.1, 0.15) is 23.2 Å². The topological polar surface area (TPSA) is 52.2 Å². The lowest BCUT2D eigenvalue weighted by atomic mass is 10.1. The second kappa shape index (κ2) is 4.59. The molecule has 0 radical (unpaired) electrons. The molecule has 1 aromatic carbocycles. The number of aromatic nitrogens is 2. The molecule has 1 aliphatic carbocycles. The van der Waals surface area contributed by atoms with Gasteiger partial charge in [0.2, 0.25) is 0 Å². The SMILES string of the molecule is O=C(c1ccc2nc[nH]c2c1)N1CCN(C2CC2)CC1. The minimum Gasteiger partial charge on any atom is -0.345 e. The zero-order chi connectivity index (χ0) is 13.5. The fourth-order valence-corrected chi connectivity index (χ4v) is 2.98. The van der Waals surface area contributed by atoms with Gasteiger partial charge in [0.15, 0.2) is 0 Å². The summed E-state index contributed by atoms with van der Waals surface area (Å²) in [5, 5.41) is 0. The lowest BCUT2D eigenvalue weighted by Crippen LogP contribution is -2.49. The number of carbonyl (C=O) groups excluding carboxylic acids is 1. The molecule has 1 aromatic heterocycles. The smallest absolute Gasteiger partial charge is 0.254 e. The van der Waals surface area contributed by atoms with Gasteiger partial charge in [-0.25, -0.2) is 4.98 Å². The second-order valence-corrected chi connectivity index (χ2v) is 5.69. The Kier molecular flexibility index (Phi) is 2.73. The number of H-pyrrole nitrogens is 1. The van der Waals surface area contributed by atoms with Gasteiger partial charge in [-0.2, -0.15) is 0 Å². The molecular formula is C15H18N4O. The Hall–Kier alpha value is -1.88. The van der Waals surface area contributed by atoms with Crippen LogP contribution in [0.25, 0.3) is 11.0 Å². The first-order valence-corrected chi connectivity index (χ1v) is 7.28. The third kappa shape index (κ3) is 2.08. The van der Waals surface area contributed by atoms with Gasteiger partial charge in [0.05, 0.1) is 17.4 Å². The number of hydrogen-bond acceptors (Lipinski definition) is 3. The summed E-state index contributed by atoms with van der Waals surface area (Å²) in [6, 6.07) is 6.48. The van der Waals surface area contributed by atoms with Crippen molar-refractivity contribution >= 4 is 16.9 Å². The Balaban J connectivity index is 1.48. The summed E-state index contributed by atoms with van der Waals surface area (Å²) in [4.78, 5) is 24.3. The first kappa shape index (κ1) is 11.9. The molecule has 2 fully saturated rings. The lowest BCUT2D eigenvalue weighted by molar-refractivity contribution is 0.0627. The molecule has 0 bridgehead atoms. The van der Waals surface area contributed by atoms with Gasteiger partial charge in [0, 0.05) is 37.8 Å². The summed E-state index contributed by atoms with van der Waals surface area (Å²) >= 11 is 0. The predicted octanol–water partition coefficient (Wildman–Crippen LogP) is 1.48. The van der Waals surface area contributed by atoms with Gasteiger partial charge in [-0.05, 0) is 31.0 Å². The number of rotatable bonds is 2. The van der Waals surface area contributed by atoms with Crippen molar-refractivity contribution in [3.63, 3.8) is 0 Å². The fraction of sp³-hybridized carbons (Fsp3) is 0.467. The van der Waals surface area contributed by atoms with Crippen molar-refractivity contribution in [2.45, 2.75) is 18.9 Å². The van der Waals surface area contributed by atoms with Crippen molar-refractivity contribution in [1.82, 2.24) is 19.8 Å². The summed E-state index contributed by atoms with van der Waals surface area (Å²) in [5.74, 6) is 0.136. The number of piperazine rings is 1. The molecule has 1 saturated carbocycles. The third-order valence-electron chi connectivity index (χ3n) is 4.33. The van der Waals surface area contributed by atoms with Crippen molar-refractivity contribution < 1.29 is 4.79 Å². The van der Waals surface area contributed by atoms with E-state index in [0.717, 1.165) is 48.8 Å². The van der Waals surface area contributed by atoms with Crippen molar-refractivity contribution in [2.75, 3.05) is 26.2 Å². The molecule has 104 valence electrons. The minimum atomic E-state index is 0.136. The summed E-state index contributed by atoms with van der Waals surface area (Å²) in [6.45, 7) is 3.72. The number of hydrogen-bond donors (Lipinski definition) is 1. The van der Waals surface area contributed by atoms with Crippen molar-refractivity contribution in [3.8, 4) is 0 Å². The van der Waals surface area contributed by atoms with Gasteiger partial charge < -0.3 is 9.88 Å². The Morgan fingerprint density at radius 2 is 2.00 bits per heavy atom. The van der Waals surface area contributed by atoms with Crippen LogP contribution in [0.4, 0.5) is 0 Å². The van der Waals surface area contributed by atoms with Crippen LogP contribution < -0.4 is 0 Å². The second-order valence-electron chi connectivity index (χ2n) is 5.69. The highest BCUT2D eigenvalue weighted by Crippen LogP contribution is 2.27. The van der Waals surface area contributed by atoms with Crippen LogP contribution in [0.15, 0.2) is 24.5 Å². The molecule has 1 N–H and O–H groups in total. The van der Waals surface area contributed by atoms with Crippen LogP contribution in [-0.2, 0) is 0 Å². The molecule has 2 aromatic rings. The van der Waals surface area contributed by atoms with E-state index in [1.165, 1.54) is 12.8 Å². The van der Waals surface area contributed by atoms with E-state index in [0.29, 0.717) is 0 Å². The van der Waals surface area contributed by atoms with Crippen LogP contribution in [-0.4, -0.2) is 57.9 Å². The average Bonchev–Trinajstić information content (AvgIpc) is 3.24. The summed E-state index contributed by atoms with van der Waals surface area (Å²) in [6.07, 6.45) is 4.34. The predicted molar refractivity (Wildman–Crippen MR) is 76.6 cm³/mol. The van der Waals surface area contributed by atoms with E-state index in [9.17, 15) is 4.79 Å². The number of carbonyl (C=O) groups is 1. The normalized spacial score (nSPS) is 20.5. The highest BCUT2D eigenvalue weighted by Gasteiger charge is 2.32. The van der Waals surface area contributed by atoms with Crippen molar-refractivity contribution in [2.24, 2.45) is 0 Å². The van der Waals surface area contributed by atoms with E-state index in [4.69, 9.17) is 0 Å². The highest BCUT2D eigenvalue weighted by atomic mass is 16.2. The van der Waals surface area contributed by atoms with Crippen LogP contribution >= 0.6 is 0 Å². The molecular weight excluding hydrogens is 252 g/mol. The molecule has 2 heterocycles. The number of amides is 1. The first-order valence-electron chi connectivity index (χ1n) is 7.28. The number of benzene rings is 1. The molecule has 5 heteroatoms. The standard InChI is InChI=1S/C15H18N4O/c20-15(11-1-4-13-14(9-11)17-10-16-13)19-7-5-18(6-8-19)12-2-3-12/h1,4,9-10,12H,2-3,5-8H2,(H,16,17). The van der Waals surface area contributed by atoms with E-state index < -0.39 is 0 Å². The molecule has 20 heavy (non-hydrogen) atoms. The number of nitrogens with one attached hydrogen (secondary N) is 1. The van der Waals surface area contributed by atoms with E-state index in [2.05, 4.69) is 14.9 Å².